The average Bonchev–Trinajstić information content (AvgIpc) is 3.67. The van der Waals surface area contributed by atoms with Crippen LogP contribution in [0.25, 0.3) is 73.7 Å². The van der Waals surface area contributed by atoms with Gasteiger partial charge in [-0.25, -0.2) is 0 Å². The van der Waals surface area contributed by atoms with Crippen molar-refractivity contribution in [2.24, 2.45) is 0 Å². The fraction of sp³-hybridized carbons (Fsp3) is 0.0526. The summed E-state index contributed by atoms with van der Waals surface area (Å²) in [5.41, 5.74) is 7.12. The number of rotatable bonds is 5. The van der Waals surface area contributed by atoms with Gasteiger partial charge in [0.2, 0.25) is 0 Å². The highest BCUT2D eigenvalue weighted by molar-refractivity contribution is 7.22. The zero-order chi connectivity index (χ0) is 28.2. The van der Waals surface area contributed by atoms with E-state index in [2.05, 4.69) is 121 Å². The first-order valence-electron chi connectivity index (χ1n) is 14.2. The minimum absolute atomic E-state index is 0.426. The summed E-state index contributed by atoms with van der Waals surface area (Å²) >= 11 is 3.66. The predicted octanol–water partition coefficient (Wildman–Crippen LogP) is 10.8. The Kier molecular flexibility index (Phi) is 6.28. The van der Waals surface area contributed by atoms with Crippen LogP contribution in [0.2, 0.25) is 0 Å². The molecule has 0 spiro atoms. The standard InChI is InChI=1S/C38H24B2S2/c39-21-31-29(35-19-25-11-3-7-15-33(25)41-35)17-23-9-1-5-13-27(23)37(31)38-28-14-6-2-10-24(28)18-30(32(38)22-40)36-20-26-12-4-8-16-34(26)42-36/h1-20H,21-22H2. The lowest BCUT2D eigenvalue weighted by atomic mass is 9.77. The van der Waals surface area contributed by atoms with Crippen LogP contribution in [0.15, 0.2) is 121 Å². The molecule has 6 aromatic carbocycles. The first kappa shape index (κ1) is 25.6. The molecule has 0 unspecified atom stereocenters. The Bertz CT molecular complexity index is 2060. The lowest BCUT2D eigenvalue weighted by Gasteiger charge is -2.23. The molecule has 0 nitrogen and oxygen atoms in total. The summed E-state index contributed by atoms with van der Waals surface area (Å²) in [7, 11) is 13.4. The summed E-state index contributed by atoms with van der Waals surface area (Å²) in [6.45, 7) is 0. The highest BCUT2D eigenvalue weighted by Gasteiger charge is 2.23. The monoisotopic (exact) mass is 566 g/mol. The van der Waals surface area contributed by atoms with Gasteiger partial charge in [0.1, 0.15) is 0 Å². The van der Waals surface area contributed by atoms with Gasteiger partial charge in [0, 0.05) is 19.2 Å². The highest BCUT2D eigenvalue weighted by atomic mass is 32.1. The molecule has 0 saturated heterocycles. The first-order chi connectivity index (χ1) is 20.7. The van der Waals surface area contributed by atoms with Crippen molar-refractivity contribution in [2.45, 2.75) is 12.6 Å². The normalized spacial score (nSPS) is 11.7. The van der Waals surface area contributed by atoms with Crippen LogP contribution in [0.3, 0.4) is 0 Å². The Labute approximate surface area is 256 Å². The van der Waals surface area contributed by atoms with E-state index in [1.54, 1.807) is 0 Å². The summed E-state index contributed by atoms with van der Waals surface area (Å²) in [5, 5.41) is 7.34. The summed E-state index contributed by atoms with van der Waals surface area (Å²) in [6.07, 6.45) is 0.852. The third-order valence-electron chi connectivity index (χ3n) is 8.35. The molecule has 0 saturated carbocycles. The van der Waals surface area contributed by atoms with Crippen molar-refractivity contribution in [1.82, 2.24) is 0 Å². The SMILES string of the molecule is [B]Cc1c(-c2cc3ccccc3s2)cc2ccccc2c1-c1c(C[B])c(-c2cc3ccccc3s2)cc2ccccc12. The number of hydrogen-bond donors (Lipinski definition) is 0. The molecule has 0 aliphatic heterocycles. The predicted molar refractivity (Wildman–Crippen MR) is 187 cm³/mol. The van der Waals surface area contributed by atoms with Crippen molar-refractivity contribution in [3.8, 4) is 32.0 Å². The van der Waals surface area contributed by atoms with Crippen LogP contribution in [-0.2, 0) is 12.6 Å². The van der Waals surface area contributed by atoms with E-state index >= 15 is 0 Å². The van der Waals surface area contributed by atoms with Gasteiger partial charge >= 0.3 is 0 Å². The van der Waals surface area contributed by atoms with E-state index in [9.17, 15) is 0 Å². The fourth-order valence-corrected chi connectivity index (χ4v) is 8.66. The maximum absolute atomic E-state index is 6.72. The molecule has 4 radical (unpaired) electrons. The van der Waals surface area contributed by atoms with Crippen LogP contribution in [0.4, 0.5) is 0 Å². The highest BCUT2D eigenvalue weighted by Crippen LogP contribution is 2.48. The summed E-state index contributed by atoms with van der Waals surface area (Å²) in [4.78, 5) is 2.48. The summed E-state index contributed by atoms with van der Waals surface area (Å²) < 4.78 is 2.56. The van der Waals surface area contributed by atoms with E-state index in [4.69, 9.17) is 15.7 Å². The maximum Gasteiger partial charge on any atom is 0.0717 e. The molecule has 0 N–H and O–H groups in total. The van der Waals surface area contributed by atoms with E-state index < -0.39 is 0 Å². The van der Waals surface area contributed by atoms with Crippen molar-refractivity contribution in [3.63, 3.8) is 0 Å². The van der Waals surface area contributed by atoms with Gasteiger partial charge in [-0.1, -0.05) is 97.6 Å². The van der Waals surface area contributed by atoms with Crippen LogP contribution >= 0.6 is 22.7 Å². The summed E-state index contributed by atoms with van der Waals surface area (Å²) in [6, 6.07) is 43.9. The van der Waals surface area contributed by atoms with Gasteiger partial charge in [-0.15, -0.1) is 22.7 Å². The molecule has 2 aromatic heterocycles. The van der Waals surface area contributed by atoms with Crippen LogP contribution in [0.1, 0.15) is 11.1 Å². The lowest BCUT2D eigenvalue weighted by molar-refractivity contribution is 1.38. The molecular formula is C38H24B2S2. The second kappa shape index (κ2) is 10.3. The van der Waals surface area contributed by atoms with E-state index in [0.717, 1.165) is 11.1 Å². The molecule has 0 atom stereocenters. The van der Waals surface area contributed by atoms with Gasteiger partial charge in [-0.2, -0.15) is 0 Å². The minimum atomic E-state index is 0.426. The zero-order valence-electron chi connectivity index (χ0n) is 22.9. The van der Waals surface area contributed by atoms with Gasteiger partial charge in [-0.05, 0) is 102 Å². The van der Waals surface area contributed by atoms with Gasteiger partial charge in [0.05, 0.1) is 15.7 Å². The number of hydrogen-bond acceptors (Lipinski definition) is 2. The van der Waals surface area contributed by atoms with Crippen LogP contribution in [0, 0.1) is 0 Å². The van der Waals surface area contributed by atoms with Crippen LogP contribution in [-0.4, -0.2) is 15.7 Å². The minimum Gasteiger partial charge on any atom is -0.135 e. The molecular weight excluding hydrogens is 542 g/mol. The topological polar surface area (TPSA) is 0 Å². The van der Waals surface area contributed by atoms with Crippen LogP contribution in [0.5, 0.6) is 0 Å². The van der Waals surface area contributed by atoms with Gasteiger partial charge < -0.3 is 0 Å². The molecule has 0 aliphatic carbocycles. The average molecular weight is 566 g/mol. The quantitative estimate of drug-likeness (QED) is 0.182. The lowest BCUT2D eigenvalue weighted by Crippen LogP contribution is -2.01. The van der Waals surface area contributed by atoms with Crippen molar-refractivity contribution in [3.05, 3.63) is 132 Å². The fourth-order valence-electron chi connectivity index (χ4n) is 6.44. The second-order valence-electron chi connectivity index (χ2n) is 10.7. The summed E-state index contributed by atoms with van der Waals surface area (Å²) in [5.74, 6) is 0. The molecule has 0 aliphatic rings. The van der Waals surface area contributed by atoms with Crippen molar-refractivity contribution in [1.29, 1.82) is 0 Å². The Balaban J connectivity index is 1.51. The number of thiophene rings is 2. The van der Waals surface area contributed by atoms with Crippen molar-refractivity contribution in [2.75, 3.05) is 0 Å². The Hall–Kier alpha value is -4.11. The Morgan fingerprint density at radius 1 is 0.429 bits per heavy atom. The molecule has 8 aromatic rings. The number of benzene rings is 6. The molecule has 2 heterocycles. The molecule has 0 bridgehead atoms. The molecule has 194 valence electrons. The smallest absolute Gasteiger partial charge is 0.0717 e. The Morgan fingerprint density at radius 3 is 1.21 bits per heavy atom. The molecule has 0 fully saturated rings. The third-order valence-corrected chi connectivity index (χ3v) is 10.7. The van der Waals surface area contributed by atoms with E-state index in [-0.39, 0.29) is 0 Å². The second-order valence-corrected chi connectivity index (χ2v) is 12.9. The van der Waals surface area contributed by atoms with Crippen LogP contribution < -0.4 is 0 Å². The molecule has 42 heavy (non-hydrogen) atoms. The van der Waals surface area contributed by atoms with E-state index in [0.29, 0.717) is 12.6 Å². The third kappa shape index (κ3) is 4.05. The molecule has 0 amide bonds. The van der Waals surface area contributed by atoms with Crippen molar-refractivity contribution >= 4 is 80.1 Å². The van der Waals surface area contributed by atoms with Crippen molar-refractivity contribution < 1.29 is 0 Å². The largest absolute Gasteiger partial charge is 0.135 e. The van der Waals surface area contributed by atoms with E-state index in [1.165, 1.54) is 73.7 Å². The Morgan fingerprint density at radius 2 is 0.810 bits per heavy atom. The van der Waals surface area contributed by atoms with E-state index in [1.807, 2.05) is 22.7 Å². The van der Waals surface area contributed by atoms with Gasteiger partial charge in [-0.3, -0.25) is 0 Å². The zero-order valence-corrected chi connectivity index (χ0v) is 24.6. The van der Waals surface area contributed by atoms with Gasteiger partial charge in [0.25, 0.3) is 0 Å². The number of fused-ring (bicyclic) bond motifs is 4. The molecule has 4 heteroatoms. The molecule has 8 rings (SSSR count). The maximum atomic E-state index is 6.72. The first-order valence-corrected chi connectivity index (χ1v) is 15.8. The van der Waals surface area contributed by atoms with Gasteiger partial charge in [0.15, 0.2) is 0 Å².